The molecule has 58 heavy (non-hydrogen) atoms. The summed E-state index contributed by atoms with van der Waals surface area (Å²) < 4.78 is 10.5. The number of hydrazone groups is 2. The van der Waals surface area contributed by atoms with Crippen LogP contribution in [0.1, 0.15) is 45.2 Å². The van der Waals surface area contributed by atoms with Crippen molar-refractivity contribution in [3.8, 4) is 0 Å². The van der Waals surface area contributed by atoms with Gasteiger partial charge in [-0.15, -0.1) is 0 Å². The van der Waals surface area contributed by atoms with Gasteiger partial charge in [-0.3, -0.25) is 24.4 Å². The van der Waals surface area contributed by atoms with Gasteiger partial charge in [0.2, 0.25) is 5.98 Å². The van der Waals surface area contributed by atoms with E-state index in [9.17, 15) is 14.4 Å². The average molecular weight is 845 g/mol. The number of nitrogens with zero attached hydrogens (tertiary/aromatic N) is 6. The Morgan fingerprint density at radius 2 is 1.24 bits per heavy atom. The zero-order valence-electron chi connectivity index (χ0n) is 33.4. The third kappa shape index (κ3) is 8.58. The molecule has 5 unspecified atom stereocenters. The lowest BCUT2D eigenvalue weighted by Crippen LogP contribution is -2.37. The number of fused-ring (bicyclic) bond motifs is 4. The van der Waals surface area contributed by atoms with Crippen LogP contribution < -0.4 is 0 Å². The summed E-state index contributed by atoms with van der Waals surface area (Å²) in [5.74, 6) is 1.67. The predicted octanol–water partition coefficient (Wildman–Crippen LogP) is 6.82. The highest BCUT2D eigenvalue weighted by Crippen LogP contribution is 2.46. The van der Waals surface area contributed by atoms with E-state index in [0.29, 0.717) is 53.9 Å². The van der Waals surface area contributed by atoms with Gasteiger partial charge in [0, 0.05) is 59.8 Å². The number of ketones is 2. The lowest BCUT2D eigenvalue weighted by molar-refractivity contribution is -0.129. The van der Waals surface area contributed by atoms with Crippen molar-refractivity contribution in [1.29, 1.82) is 0 Å². The van der Waals surface area contributed by atoms with Gasteiger partial charge in [-0.05, 0) is 44.8 Å². The third-order valence-corrected chi connectivity index (χ3v) is 13.6. The minimum absolute atomic E-state index is 0.00549. The van der Waals surface area contributed by atoms with Crippen molar-refractivity contribution in [2.45, 2.75) is 13.3 Å². The van der Waals surface area contributed by atoms with Crippen molar-refractivity contribution in [1.82, 2.24) is 19.8 Å². The summed E-state index contributed by atoms with van der Waals surface area (Å²) in [5, 5.41) is 14.8. The SMILES string of the molecule is CCC/[P+](C)=C\OCCN(C)CCN1N=C2c3cccc(Cl)c3C(=O)C3C=CC=C1C23.CN(CCOC=O)CCN1N=C2c3cccc(Cl)c3C(=O)C3C=CC=C1C23. The van der Waals surface area contributed by atoms with Crippen molar-refractivity contribution >= 4 is 66.2 Å². The molecule has 2 aliphatic heterocycles. The second-order valence-electron chi connectivity index (χ2n) is 15.3. The molecule has 0 aromatic heterocycles. The number of rotatable bonds is 16. The highest BCUT2D eigenvalue weighted by Gasteiger charge is 2.48. The van der Waals surface area contributed by atoms with E-state index in [1.165, 1.54) is 12.6 Å². The van der Waals surface area contributed by atoms with Crippen LogP contribution in [0.25, 0.3) is 0 Å². The topological polar surface area (TPSA) is 107 Å². The summed E-state index contributed by atoms with van der Waals surface area (Å²) in [6, 6.07) is 11.2. The van der Waals surface area contributed by atoms with E-state index in [1.807, 2.05) is 72.7 Å². The first-order chi connectivity index (χ1) is 28.1. The number of benzene rings is 2. The molecule has 11 nitrogen and oxygen atoms in total. The Labute approximate surface area is 351 Å². The van der Waals surface area contributed by atoms with Gasteiger partial charge in [0.25, 0.3) is 6.47 Å². The normalized spacial score (nSPS) is 22.1. The number of carbonyl (C=O) groups excluding carboxylic acids is 3. The number of hydrogen-bond donors (Lipinski definition) is 0. The molecule has 2 aromatic carbocycles. The number of carbonyl (C=O) groups is 3. The molecule has 0 spiro atoms. The standard InChI is InChI=1S/C24H30ClN3O2P.C20H20ClN3O3/c1-4-15-31(3)16-30-14-13-27(2)11-12-28-20-10-6-8-18-22(20)23(26-28)17-7-5-9-19(25)21(17)24(18)29;1-23(10-11-27-12-25)8-9-24-16-7-3-5-14-18(16)19(22-24)13-4-2-6-15(21)17(13)20(14)26/h5-10,16,18,22H,4,11-15H2,1-3H3;2-7,12,14,18H,8-11H2,1H3/q+1;. The number of allylic oxidation sites excluding steroid dienone is 8. The third-order valence-electron chi connectivity index (χ3n) is 11.3. The highest BCUT2D eigenvalue weighted by atomic mass is 35.5. The Hall–Kier alpha value is -4.22. The zero-order valence-corrected chi connectivity index (χ0v) is 35.8. The zero-order chi connectivity index (χ0) is 40.9. The van der Waals surface area contributed by atoms with Crippen LogP contribution in [0, 0.1) is 23.7 Å². The van der Waals surface area contributed by atoms with Crippen molar-refractivity contribution < 1.29 is 23.9 Å². The maximum atomic E-state index is 13.1. The van der Waals surface area contributed by atoms with Crippen molar-refractivity contribution in [3.63, 3.8) is 0 Å². The summed E-state index contributed by atoms with van der Waals surface area (Å²) in [6.45, 7) is 10.6. The molecule has 304 valence electrons. The molecule has 0 saturated carbocycles. The summed E-state index contributed by atoms with van der Waals surface area (Å²) in [4.78, 5) is 40.8. The first-order valence-electron chi connectivity index (χ1n) is 19.8. The van der Waals surface area contributed by atoms with Gasteiger partial charge in [-0.1, -0.05) is 78.7 Å². The van der Waals surface area contributed by atoms with Crippen LogP contribution in [0.2, 0.25) is 10.0 Å². The fourth-order valence-corrected chi connectivity index (χ4v) is 10.1. The highest BCUT2D eigenvalue weighted by molar-refractivity contribution is 7.56. The van der Waals surface area contributed by atoms with Crippen LogP contribution >= 0.6 is 30.7 Å². The van der Waals surface area contributed by atoms with Crippen LogP contribution in [0.3, 0.4) is 0 Å². The molecule has 6 aliphatic rings. The van der Waals surface area contributed by atoms with E-state index in [0.717, 1.165) is 60.1 Å². The number of likely N-dealkylation sites (N-methyl/N-ethyl adjacent to an activating group) is 2. The van der Waals surface area contributed by atoms with E-state index in [-0.39, 0.29) is 42.8 Å². The Kier molecular flexibility index (Phi) is 13.6. The van der Waals surface area contributed by atoms with Crippen LogP contribution in [0.5, 0.6) is 0 Å². The molecule has 14 heteroatoms. The molecule has 0 radical (unpaired) electrons. The van der Waals surface area contributed by atoms with E-state index in [4.69, 9.17) is 42.9 Å². The van der Waals surface area contributed by atoms with E-state index in [1.54, 1.807) is 12.1 Å². The van der Waals surface area contributed by atoms with Gasteiger partial charge in [-0.25, -0.2) is 0 Å². The molecule has 2 heterocycles. The molecule has 5 atom stereocenters. The molecular formula is C44H50Cl2N6O5P+. The van der Waals surface area contributed by atoms with Crippen molar-refractivity contribution in [3.05, 3.63) is 117 Å². The van der Waals surface area contributed by atoms with Crippen LogP contribution in [-0.4, -0.2) is 135 Å². The summed E-state index contributed by atoms with van der Waals surface area (Å²) in [6.07, 6.45) is 14.4. The Bertz CT molecular complexity index is 2160. The number of Topliss-reactive ketones (excluding diaryl/α,β-unsaturated/α-hetero) is 2. The second kappa shape index (κ2) is 18.8. The lowest BCUT2D eigenvalue weighted by Gasteiger charge is -2.31. The maximum Gasteiger partial charge on any atom is 0.293 e. The fourth-order valence-electron chi connectivity index (χ4n) is 8.35. The summed E-state index contributed by atoms with van der Waals surface area (Å²) >= 11 is 12.7. The average Bonchev–Trinajstić information content (AvgIpc) is 3.79. The molecule has 0 saturated heterocycles. The van der Waals surface area contributed by atoms with Crippen LogP contribution in [0.15, 0.2) is 94.5 Å². The predicted molar refractivity (Wildman–Crippen MR) is 233 cm³/mol. The van der Waals surface area contributed by atoms with Gasteiger partial charge < -0.3 is 19.3 Å². The molecule has 0 bridgehead atoms. The van der Waals surface area contributed by atoms with Crippen LogP contribution in [0.4, 0.5) is 0 Å². The largest absolute Gasteiger partial charge is 0.467 e. The molecule has 2 aromatic rings. The van der Waals surface area contributed by atoms with Gasteiger partial charge in [0.05, 0.1) is 71.5 Å². The molecule has 8 rings (SSSR count). The van der Waals surface area contributed by atoms with E-state index >= 15 is 0 Å². The van der Waals surface area contributed by atoms with Crippen LogP contribution in [-0.2, 0) is 14.3 Å². The minimum Gasteiger partial charge on any atom is -0.467 e. The Balaban J connectivity index is 0.000000178. The van der Waals surface area contributed by atoms with Crippen molar-refractivity contribution in [2.75, 3.05) is 79.4 Å². The van der Waals surface area contributed by atoms with E-state index < -0.39 is 0 Å². The molecule has 0 fully saturated rings. The number of hydrogen-bond acceptors (Lipinski definition) is 11. The minimum atomic E-state index is -0.250. The van der Waals surface area contributed by atoms with E-state index in [2.05, 4.69) is 41.5 Å². The summed E-state index contributed by atoms with van der Waals surface area (Å²) in [5.41, 5.74) is 6.94. The molecular weight excluding hydrogens is 794 g/mol. The number of ether oxygens (including phenoxy) is 2. The molecule has 0 N–H and O–H groups in total. The maximum absolute atomic E-state index is 13.1. The fraction of sp³-hybridized carbons (Fsp3) is 0.409. The van der Waals surface area contributed by atoms with Gasteiger partial charge in [-0.2, -0.15) is 10.2 Å². The van der Waals surface area contributed by atoms with Gasteiger partial charge in [0.1, 0.15) is 20.3 Å². The summed E-state index contributed by atoms with van der Waals surface area (Å²) in [7, 11) is 3.97. The second-order valence-corrected chi connectivity index (χ2v) is 18.2. The first kappa shape index (κ1) is 41.9. The van der Waals surface area contributed by atoms with Gasteiger partial charge >= 0.3 is 0 Å². The molecule has 4 aliphatic carbocycles. The quantitative estimate of drug-likeness (QED) is 0.102. The lowest BCUT2D eigenvalue weighted by atomic mass is 9.71. The molecule has 0 amide bonds. The Morgan fingerprint density at radius 1 is 0.759 bits per heavy atom. The first-order valence-corrected chi connectivity index (χ1v) is 22.6. The van der Waals surface area contributed by atoms with Gasteiger partial charge in [0.15, 0.2) is 11.6 Å². The number of halogens is 2. The smallest absolute Gasteiger partial charge is 0.293 e. The van der Waals surface area contributed by atoms with Crippen molar-refractivity contribution in [2.24, 2.45) is 33.9 Å². The monoisotopic (exact) mass is 843 g/mol. The Morgan fingerprint density at radius 3 is 1.71 bits per heavy atom.